The molecule has 2 aromatic carbocycles. The molecule has 0 aliphatic carbocycles. The fourth-order valence-electron chi connectivity index (χ4n) is 2.32. The minimum atomic E-state index is -0.493. The molecule has 0 atom stereocenters. The molecule has 23 heavy (non-hydrogen) atoms. The molecule has 0 spiro atoms. The highest BCUT2D eigenvalue weighted by Gasteiger charge is 2.19. The highest BCUT2D eigenvalue weighted by molar-refractivity contribution is 6.30. The third kappa shape index (κ3) is 3.17. The van der Waals surface area contributed by atoms with Crippen LogP contribution in [0.15, 0.2) is 46.9 Å². The van der Waals surface area contributed by atoms with E-state index in [0.29, 0.717) is 16.4 Å². The number of hydrogen-bond donors (Lipinski definition) is 0. The number of ether oxygens (including phenoxy) is 2. The molecule has 3 aromatic rings. The number of methoxy groups -OCH3 is 1. The lowest BCUT2D eigenvalue weighted by molar-refractivity contribution is 0.0437. The van der Waals surface area contributed by atoms with Crippen LogP contribution in [0.3, 0.4) is 0 Å². The Balaban J connectivity index is 1.80. The Morgan fingerprint density at radius 1 is 1.17 bits per heavy atom. The second kappa shape index (κ2) is 6.34. The fourth-order valence-corrected chi connectivity index (χ4v) is 2.44. The second-order valence-electron chi connectivity index (χ2n) is 5.12. The Morgan fingerprint density at radius 2 is 1.91 bits per heavy atom. The molecule has 0 saturated carbocycles. The van der Waals surface area contributed by atoms with E-state index >= 15 is 0 Å². The summed E-state index contributed by atoms with van der Waals surface area (Å²) in [7, 11) is 1.60. The van der Waals surface area contributed by atoms with E-state index in [1.54, 1.807) is 31.4 Å². The van der Waals surface area contributed by atoms with Crippen molar-refractivity contribution in [3.8, 4) is 5.75 Å². The summed E-state index contributed by atoms with van der Waals surface area (Å²) in [4.78, 5) is 12.3. The minimum Gasteiger partial charge on any atom is -0.497 e. The quantitative estimate of drug-likeness (QED) is 0.647. The maximum Gasteiger partial charge on any atom is 0.374 e. The van der Waals surface area contributed by atoms with Crippen LogP contribution in [-0.4, -0.2) is 13.1 Å². The molecule has 0 N–H and O–H groups in total. The summed E-state index contributed by atoms with van der Waals surface area (Å²) in [5, 5.41) is 1.48. The molecule has 3 rings (SSSR count). The summed E-state index contributed by atoms with van der Waals surface area (Å²) in [6, 6.07) is 12.5. The van der Waals surface area contributed by atoms with E-state index in [0.717, 1.165) is 16.5 Å². The molecule has 0 unspecified atom stereocenters. The molecule has 0 radical (unpaired) electrons. The van der Waals surface area contributed by atoms with Gasteiger partial charge in [-0.1, -0.05) is 23.7 Å². The molecule has 0 amide bonds. The molecule has 0 bridgehead atoms. The highest BCUT2D eigenvalue weighted by atomic mass is 35.5. The normalized spacial score (nSPS) is 10.7. The first-order valence-corrected chi connectivity index (χ1v) is 7.45. The maximum absolute atomic E-state index is 12.3. The van der Waals surface area contributed by atoms with Crippen molar-refractivity contribution in [2.45, 2.75) is 13.5 Å². The van der Waals surface area contributed by atoms with Crippen LogP contribution >= 0.6 is 11.6 Å². The number of furan rings is 1. The zero-order chi connectivity index (χ0) is 16.4. The summed E-state index contributed by atoms with van der Waals surface area (Å²) < 4.78 is 16.1. The van der Waals surface area contributed by atoms with E-state index in [9.17, 15) is 4.79 Å². The standard InChI is InChI=1S/C18H15ClO4/c1-11-15-9-14(21-2)7-8-16(15)23-17(11)18(20)22-10-12-3-5-13(19)6-4-12/h3-9H,10H2,1-2H3. The minimum absolute atomic E-state index is 0.163. The van der Waals surface area contributed by atoms with Crippen LogP contribution in [0.5, 0.6) is 5.75 Å². The summed E-state index contributed by atoms with van der Waals surface area (Å²) >= 11 is 5.83. The van der Waals surface area contributed by atoms with Gasteiger partial charge in [-0.2, -0.15) is 0 Å². The predicted molar refractivity (Wildman–Crippen MR) is 88.1 cm³/mol. The number of halogens is 1. The van der Waals surface area contributed by atoms with Gasteiger partial charge in [0.15, 0.2) is 0 Å². The van der Waals surface area contributed by atoms with Crippen molar-refractivity contribution >= 4 is 28.5 Å². The lowest BCUT2D eigenvalue weighted by atomic mass is 10.1. The van der Waals surface area contributed by atoms with Crippen LogP contribution in [0.2, 0.25) is 5.02 Å². The first kappa shape index (κ1) is 15.4. The largest absolute Gasteiger partial charge is 0.497 e. The van der Waals surface area contributed by atoms with E-state index < -0.39 is 5.97 Å². The average molecular weight is 331 g/mol. The van der Waals surface area contributed by atoms with Crippen molar-refractivity contribution in [2.75, 3.05) is 7.11 Å². The smallest absolute Gasteiger partial charge is 0.374 e. The molecule has 118 valence electrons. The van der Waals surface area contributed by atoms with E-state index in [4.69, 9.17) is 25.5 Å². The van der Waals surface area contributed by atoms with Crippen LogP contribution in [-0.2, 0) is 11.3 Å². The first-order valence-electron chi connectivity index (χ1n) is 7.07. The Labute approximate surface area is 138 Å². The summed E-state index contributed by atoms with van der Waals surface area (Å²) in [5.41, 5.74) is 2.22. The van der Waals surface area contributed by atoms with Crippen molar-refractivity contribution in [2.24, 2.45) is 0 Å². The summed E-state index contributed by atoms with van der Waals surface area (Å²) in [6.45, 7) is 1.99. The van der Waals surface area contributed by atoms with Crippen molar-refractivity contribution in [3.05, 3.63) is 64.4 Å². The molecular formula is C18H15ClO4. The summed E-state index contributed by atoms with van der Waals surface area (Å²) in [6.07, 6.45) is 0. The van der Waals surface area contributed by atoms with Gasteiger partial charge in [-0.15, -0.1) is 0 Å². The van der Waals surface area contributed by atoms with Gasteiger partial charge < -0.3 is 13.9 Å². The number of rotatable bonds is 4. The molecule has 5 heteroatoms. The zero-order valence-electron chi connectivity index (χ0n) is 12.8. The third-order valence-electron chi connectivity index (χ3n) is 3.61. The van der Waals surface area contributed by atoms with Gasteiger partial charge in [-0.3, -0.25) is 0 Å². The van der Waals surface area contributed by atoms with Crippen LogP contribution in [0.1, 0.15) is 21.7 Å². The van der Waals surface area contributed by atoms with E-state index in [-0.39, 0.29) is 12.4 Å². The first-order chi connectivity index (χ1) is 11.1. The Kier molecular flexibility index (Phi) is 4.26. The maximum atomic E-state index is 12.3. The molecule has 1 aromatic heterocycles. The van der Waals surface area contributed by atoms with Crippen molar-refractivity contribution in [3.63, 3.8) is 0 Å². The van der Waals surface area contributed by atoms with Gasteiger partial charge in [-0.05, 0) is 42.8 Å². The Morgan fingerprint density at radius 3 is 2.61 bits per heavy atom. The van der Waals surface area contributed by atoms with Gasteiger partial charge in [0.1, 0.15) is 17.9 Å². The number of carbonyl (C=O) groups excluding carboxylic acids is 1. The molecular weight excluding hydrogens is 316 g/mol. The molecule has 0 saturated heterocycles. The third-order valence-corrected chi connectivity index (χ3v) is 3.86. The number of carbonyl (C=O) groups is 1. The topological polar surface area (TPSA) is 48.7 Å². The number of aryl methyl sites for hydroxylation is 1. The van der Waals surface area contributed by atoms with Gasteiger partial charge in [0.2, 0.25) is 5.76 Å². The van der Waals surface area contributed by atoms with Crippen molar-refractivity contribution < 1.29 is 18.7 Å². The molecule has 0 aliphatic heterocycles. The lowest BCUT2D eigenvalue weighted by Crippen LogP contribution is -2.05. The number of hydrogen-bond acceptors (Lipinski definition) is 4. The highest BCUT2D eigenvalue weighted by Crippen LogP contribution is 2.29. The Bertz CT molecular complexity index is 849. The van der Waals surface area contributed by atoms with Gasteiger partial charge in [0.25, 0.3) is 0 Å². The van der Waals surface area contributed by atoms with Gasteiger partial charge in [0, 0.05) is 16.0 Å². The van der Waals surface area contributed by atoms with Crippen molar-refractivity contribution in [1.29, 1.82) is 0 Å². The van der Waals surface area contributed by atoms with Crippen LogP contribution < -0.4 is 4.74 Å². The van der Waals surface area contributed by atoms with Crippen LogP contribution in [0, 0.1) is 6.92 Å². The van der Waals surface area contributed by atoms with Crippen LogP contribution in [0.4, 0.5) is 0 Å². The van der Waals surface area contributed by atoms with Gasteiger partial charge >= 0.3 is 5.97 Å². The number of fused-ring (bicyclic) bond motifs is 1. The SMILES string of the molecule is COc1ccc2oc(C(=O)OCc3ccc(Cl)cc3)c(C)c2c1. The van der Waals surface area contributed by atoms with E-state index in [2.05, 4.69) is 0 Å². The van der Waals surface area contributed by atoms with Gasteiger partial charge in [0.05, 0.1) is 7.11 Å². The second-order valence-corrected chi connectivity index (χ2v) is 5.56. The molecule has 0 aliphatic rings. The predicted octanol–water partition coefficient (Wildman–Crippen LogP) is 4.76. The molecule has 4 nitrogen and oxygen atoms in total. The van der Waals surface area contributed by atoms with Crippen molar-refractivity contribution in [1.82, 2.24) is 0 Å². The average Bonchev–Trinajstić information content (AvgIpc) is 2.90. The number of benzene rings is 2. The molecule has 0 fully saturated rings. The summed E-state index contributed by atoms with van der Waals surface area (Å²) in [5.74, 6) is 0.428. The van der Waals surface area contributed by atoms with Gasteiger partial charge in [-0.25, -0.2) is 4.79 Å². The van der Waals surface area contributed by atoms with E-state index in [1.165, 1.54) is 0 Å². The zero-order valence-corrected chi connectivity index (χ0v) is 13.5. The Hall–Kier alpha value is -2.46. The molecule has 1 heterocycles. The lowest BCUT2D eigenvalue weighted by Gasteiger charge is -2.03. The monoisotopic (exact) mass is 330 g/mol. The van der Waals surface area contributed by atoms with E-state index in [1.807, 2.05) is 25.1 Å². The fraction of sp³-hybridized carbons (Fsp3) is 0.167. The van der Waals surface area contributed by atoms with Crippen LogP contribution in [0.25, 0.3) is 11.0 Å². The number of esters is 1.